The Hall–Kier alpha value is -2.14. The first-order valence-corrected chi connectivity index (χ1v) is 12.4. The number of carboxylic acid groups (broad SMARTS) is 1. The average Bonchev–Trinajstić information content (AvgIpc) is 3.35. The van der Waals surface area contributed by atoms with Gasteiger partial charge >= 0.3 is 5.97 Å². The molecule has 3 fully saturated rings. The molecule has 7 atom stereocenters. The summed E-state index contributed by atoms with van der Waals surface area (Å²) in [7, 11) is 0. The molecule has 0 unspecified atom stereocenters. The van der Waals surface area contributed by atoms with Crippen molar-refractivity contribution in [1.29, 1.82) is 0 Å². The number of hydrogen-bond donors (Lipinski definition) is 1. The summed E-state index contributed by atoms with van der Waals surface area (Å²) < 4.78 is 0. The molecule has 0 aliphatic heterocycles. The molecular weight excluding hydrogens is 438 g/mol. The summed E-state index contributed by atoms with van der Waals surface area (Å²) in [5.41, 5.74) is -1.18. The van der Waals surface area contributed by atoms with Crippen LogP contribution in [-0.2, 0) is 21.0 Å². The van der Waals surface area contributed by atoms with Gasteiger partial charge in [-0.05, 0) is 54.9 Å². The summed E-state index contributed by atoms with van der Waals surface area (Å²) in [6.07, 6.45) is 8.24. The van der Waals surface area contributed by atoms with Crippen LogP contribution in [0.3, 0.4) is 0 Å². The van der Waals surface area contributed by atoms with Gasteiger partial charge in [-0.2, -0.15) is 0 Å². The van der Waals surface area contributed by atoms with E-state index in [0.717, 1.165) is 36.7 Å². The summed E-state index contributed by atoms with van der Waals surface area (Å²) in [5, 5.41) is 15.9. The van der Waals surface area contributed by atoms with Crippen LogP contribution in [0.25, 0.3) is 0 Å². The Morgan fingerprint density at radius 3 is 2.70 bits per heavy atom. The van der Waals surface area contributed by atoms with Crippen molar-refractivity contribution in [3.8, 4) is 0 Å². The minimum absolute atomic E-state index is 0.0262. The number of benzene rings is 1. The normalized spacial score (nSPS) is 40.8. The van der Waals surface area contributed by atoms with Gasteiger partial charge in [0.25, 0.3) is 0 Å². The Morgan fingerprint density at radius 2 is 2.03 bits per heavy atom. The van der Waals surface area contributed by atoms with Crippen LogP contribution >= 0.6 is 11.6 Å². The Balaban J connectivity index is 1.59. The summed E-state index contributed by atoms with van der Waals surface area (Å²) >= 11 is 6.24. The van der Waals surface area contributed by atoms with Crippen molar-refractivity contribution in [3.05, 3.63) is 46.5 Å². The van der Waals surface area contributed by atoms with E-state index in [1.54, 1.807) is 12.3 Å². The number of hydrogen-bond acceptors (Lipinski definition) is 4. The second kappa shape index (κ2) is 7.69. The molecule has 4 bridgehead atoms. The number of carbonyl (C=O) groups is 2. The molecule has 0 spiro atoms. The molecule has 1 aromatic carbocycles. The molecule has 1 N–H and O–H groups in total. The van der Waals surface area contributed by atoms with Crippen LogP contribution in [0.2, 0.25) is 5.02 Å². The fraction of sp³-hybridized carbons (Fsp3) is 0.593. The maximum atomic E-state index is 13.3. The molecule has 0 heterocycles. The van der Waals surface area contributed by atoms with Gasteiger partial charge in [0.1, 0.15) is 18.3 Å². The number of fused-ring (bicyclic) bond motifs is 2. The average molecular weight is 470 g/mol. The molecule has 0 aromatic heterocycles. The number of rotatable bonds is 7. The first-order chi connectivity index (χ1) is 15.7. The Bertz CT molecular complexity index is 1050. The third-order valence-electron chi connectivity index (χ3n) is 9.53. The number of halogens is 1. The zero-order valence-corrected chi connectivity index (χ0v) is 20.2. The fourth-order valence-corrected chi connectivity index (χ4v) is 8.53. The van der Waals surface area contributed by atoms with Gasteiger partial charge in [0.15, 0.2) is 0 Å². The second-order valence-corrected chi connectivity index (χ2v) is 11.4. The zero-order chi connectivity index (χ0) is 23.6. The van der Waals surface area contributed by atoms with Crippen molar-refractivity contribution in [2.45, 2.75) is 53.1 Å². The molecule has 5 nitrogen and oxygen atoms in total. The predicted molar refractivity (Wildman–Crippen MR) is 127 cm³/mol. The van der Waals surface area contributed by atoms with E-state index in [4.69, 9.17) is 16.4 Å². The third-order valence-corrected chi connectivity index (χ3v) is 9.90. The van der Waals surface area contributed by atoms with Crippen LogP contribution in [0.15, 0.2) is 41.1 Å². The lowest BCUT2D eigenvalue weighted by molar-refractivity contribution is -0.173. The number of oxime groups is 1. The van der Waals surface area contributed by atoms with E-state index in [1.165, 1.54) is 0 Å². The number of aldehydes is 1. The standard InChI is InChI=1S/C27H32ClNO4/c1-16(2)22-10-19-11-26(15-30)21-9-8-17(3)20(21)12-25(19,27(22,26)24(31)32)14-29-33-13-18-6-4-5-7-23(18)28/h4-7,10,14-17,19-21H,8-9,11-13H2,1-3H3,(H,31,32)/t17-,19+,20-,21-,25+,26+,27-/m1/s1. The zero-order valence-electron chi connectivity index (χ0n) is 19.5. The van der Waals surface area contributed by atoms with Gasteiger partial charge < -0.3 is 14.7 Å². The molecule has 1 aromatic rings. The van der Waals surface area contributed by atoms with Crippen LogP contribution in [0, 0.1) is 45.8 Å². The van der Waals surface area contributed by atoms with Crippen molar-refractivity contribution in [2.24, 2.45) is 51.0 Å². The first kappa shape index (κ1) is 22.6. The number of allylic oxidation sites excluding steroid dienone is 1. The van der Waals surface area contributed by atoms with Crippen LogP contribution in [0.1, 0.15) is 52.0 Å². The second-order valence-electron chi connectivity index (χ2n) is 11.0. The highest BCUT2D eigenvalue weighted by Crippen LogP contribution is 2.82. The number of carbonyl (C=O) groups excluding carboxylic acids is 1. The lowest BCUT2D eigenvalue weighted by Gasteiger charge is -2.57. The molecule has 5 rings (SSSR count). The van der Waals surface area contributed by atoms with E-state index >= 15 is 0 Å². The smallest absolute Gasteiger partial charge is 0.315 e. The van der Waals surface area contributed by atoms with E-state index < -0.39 is 22.2 Å². The third kappa shape index (κ3) is 2.69. The monoisotopic (exact) mass is 469 g/mol. The predicted octanol–water partition coefficient (Wildman–Crippen LogP) is 5.77. The van der Waals surface area contributed by atoms with Gasteiger partial charge in [-0.1, -0.05) is 73.8 Å². The van der Waals surface area contributed by atoms with Crippen LogP contribution in [-0.4, -0.2) is 23.6 Å². The highest BCUT2D eigenvalue weighted by molar-refractivity contribution is 6.31. The van der Waals surface area contributed by atoms with Crippen LogP contribution < -0.4 is 0 Å². The minimum atomic E-state index is -1.26. The van der Waals surface area contributed by atoms with E-state index in [-0.39, 0.29) is 24.4 Å². The molecule has 33 heavy (non-hydrogen) atoms. The van der Waals surface area contributed by atoms with Crippen LogP contribution in [0.4, 0.5) is 0 Å². The number of carboxylic acids is 1. The summed E-state index contributed by atoms with van der Waals surface area (Å²) in [4.78, 5) is 32.0. The maximum Gasteiger partial charge on any atom is 0.315 e. The topological polar surface area (TPSA) is 76.0 Å². The molecule has 6 heteroatoms. The number of nitrogens with zero attached hydrogens (tertiary/aromatic N) is 1. The van der Waals surface area contributed by atoms with Gasteiger partial charge in [0.05, 0.1) is 11.6 Å². The van der Waals surface area contributed by atoms with Gasteiger partial charge in [0.2, 0.25) is 0 Å². The summed E-state index contributed by atoms with van der Waals surface area (Å²) in [6, 6.07) is 7.44. The highest BCUT2D eigenvalue weighted by atomic mass is 35.5. The molecular formula is C27H32ClNO4. The summed E-state index contributed by atoms with van der Waals surface area (Å²) in [5.74, 6) is 0.0312. The largest absolute Gasteiger partial charge is 0.481 e. The molecule has 4 aliphatic carbocycles. The van der Waals surface area contributed by atoms with Gasteiger partial charge in [-0.25, -0.2) is 0 Å². The quantitative estimate of drug-likeness (QED) is 0.238. The van der Waals surface area contributed by atoms with E-state index in [1.807, 2.05) is 32.0 Å². The van der Waals surface area contributed by atoms with E-state index in [9.17, 15) is 14.7 Å². The van der Waals surface area contributed by atoms with Gasteiger partial charge in [-0.3, -0.25) is 4.79 Å². The molecule has 4 aliphatic rings. The van der Waals surface area contributed by atoms with Crippen LogP contribution in [0.5, 0.6) is 0 Å². The lowest BCUT2D eigenvalue weighted by atomic mass is 9.43. The molecule has 0 saturated heterocycles. The highest BCUT2D eigenvalue weighted by Gasteiger charge is 2.84. The van der Waals surface area contributed by atoms with Crippen molar-refractivity contribution in [1.82, 2.24) is 0 Å². The number of aliphatic carboxylic acids is 1. The van der Waals surface area contributed by atoms with Gasteiger partial charge in [-0.15, -0.1) is 0 Å². The maximum absolute atomic E-state index is 13.3. The van der Waals surface area contributed by atoms with E-state index in [0.29, 0.717) is 23.3 Å². The Labute approximate surface area is 200 Å². The summed E-state index contributed by atoms with van der Waals surface area (Å²) in [6.45, 7) is 6.54. The Morgan fingerprint density at radius 1 is 1.27 bits per heavy atom. The molecule has 176 valence electrons. The SMILES string of the molecule is CC(C)C1=C[C@H]2C[C@]3(C=O)[C@@H]4CC[C@@H](C)[C@H]4C[C@@]2(C=NOCc2ccccc2Cl)[C@]13C(=O)O. The Kier molecular flexibility index (Phi) is 5.28. The van der Waals surface area contributed by atoms with E-state index in [2.05, 4.69) is 18.2 Å². The van der Waals surface area contributed by atoms with Crippen molar-refractivity contribution < 1.29 is 19.5 Å². The van der Waals surface area contributed by atoms with Crippen molar-refractivity contribution in [3.63, 3.8) is 0 Å². The molecule has 0 radical (unpaired) electrons. The lowest BCUT2D eigenvalue weighted by Crippen LogP contribution is -2.63. The fourth-order valence-electron chi connectivity index (χ4n) is 8.34. The molecule has 3 saturated carbocycles. The van der Waals surface area contributed by atoms with Crippen molar-refractivity contribution >= 4 is 30.1 Å². The molecule has 0 amide bonds. The first-order valence-electron chi connectivity index (χ1n) is 12.1. The van der Waals surface area contributed by atoms with Crippen molar-refractivity contribution in [2.75, 3.05) is 0 Å². The minimum Gasteiger partial charge on any atom is -0.481 e. The van der Waals surface area contributed by atoms with Gasteiger partial charge in [0, 0.05) is 16.0 Å².